The molecule has 6 rings (SSSR count). The summed E-state index contributed by atoms with van der Waals surface area (Å²) in [5.41, 5.74) is 6.73. The number of allylic oxidation sites excluding steroid dienone is 3. The lowest BCUT2D eigenvalue weighted by Gasteiger charge is -2.42. The van der Waals surface area contributed by atoms with Crippen LogP contribution in [0.25, 0.3) is 16.3 Å². The van der Waals surface area contributed by atoms with E-state index in [-0.39, 0.29) is 22.6 Å². The average molecular weight is 480 g/mol. The maximum Gasteiger partial charge on any atom is 0.138 e. The molecule has 5 nitrogen and oxygen atoms in total. The van der Waals surface area contributed by atoms with E-state index in [0.717, 1.165) is 51.9 Å². The largest absolute Gasteiger partial charge is 0.506 e. The number of anilines is 3. The number of nitrogens with zero attached hydrogens (tertiary/aromatic N) is 1. The van der Waals surface area contributed by atoms with Gasteiger partial charge in [-0.2, -0.15) is 0 Å². The minimum Gasteiger partial charge on any atom is -0.506 e. The highest BCUT2D eigenvalue weighted by Gasteiger charge is 2.41. The van der Waals surface area contributed by atoms with Crippen molar-refractivity contribution < 1.29 is 10.2 Å². The van der Waals surface area contributed by atoms with E-state index in [0.29, 0.717) is 11.1 Å². The molecule has 3 aromatic carbocycles. The van der Waals surface area contributed by atoms with Gasteiger partial charge < -0.3 is 25.7 Å². The summed E-state index contributed by atoms with van der Waals surface area (Å²) in [7, 11) is 2.04. The molecule has 2 aliphatic heterocycles. The van der Waals surface area contributed by atoms with Gasteiger partial charge in [0.05, 0.1) is 16.8 Å². The Labute approximate surface area is 212 Å². The van der Waals surface area contributed by atoms with Crippen molar-refractivity contribution in [3.8, 4) is 0 Å². The third kappa shape index (κ3) is 2.89. The van der Waals surface area contributed by atoms with Crippen LogP contribution in [0.15, 0.2) is 83.5 Å². The van der Waals surface area contributed by atoms with Gasteiger partial charge in [0.15, 0.2) is 0 Å². The summed E-state index contributed by atoms with van der Waals surface area (Å²) in [5.74, 6) is 0.263. The topological polar surface area (TPSA) is 67.8 Å². The van der Waals surface area contributed by atoms with Gasteiger partial charge in [0.1, 0.15) is 17.2 Å². The van der Waals surface area contributed by atoms with E-state index in [1.165, 1.54) is 5.56 Å². The van der Waals surface area contributed by atoms with Crippen LogP contribution in [0.5, 0.6) is 0 Å². The molecule has 5 heteroatoms. The fraction of sp³-hybridized carbons (Fsp3) is 0.290. The summed E-state index contributed by atoms with van der Waals surface area (Å²) in [6.07, 6.45) is 3.71. The number of aliphatic hydroxyl groups excluding tert-OH is 2. The highest BCUT2D eigenvalue weighted by atomic mass is 16.3. The third-order valence-corrected chi connectivity index (χ3v) is 8.47. The Bertz CT molecular complexity index is 1520. The van der Waals surface area contributed by atoms with Crippen molar-refractivity contribution in [1.82, 2.24) is 0 Å². The minimum absolute atomic E-state index is 0.132. The predicted molar refractivity (Wildman–Crippen MR) is 150 cm³/mol. The summed E-state index contributed by atoms with van der Waals surface area (Å²) >= 11 is 0. The van der Waals surface area contributed by atoms with Crippen molar-refractivity contribution in [2.45, 2.75) is 51.6 Å². The molecule has 2 heterocycles. The standard InChI is InChI=1S/C31H33N3O2/c1-6-31(7-2)32-22-13-10-11-18-15-16-19(27(33-31)25(18)22)26-28(35)20(29(26)36)17-24-30(3,4)21-12-8-9-14-23(21)34(24)5/h8-17,32-33,35-36H,6-7H2,1-5H3. The van der Waals surface area contributed by atoms with Crippen LogP contribution in [0.2, 0.25) is 0 Å². The first kappa shape index (κ1) is 22.6. The van der Waals surface area contributed by atoms with Crippen LogP contribution in [0.4, 0.5) is 17.1 Å². The molecule has 3 aliphatic rings. The Balaban J connectivity index is 1.46. The number of likely N-dealkylation sites (N-methyl/N-ethyl adjacent to an activating group) is 1. The van der Waals surface area contributed by atoms with Crippen LogP contribution in [-0.2, 0) is 5.41 Å². The zero-order valence-corrected chi connectivity index (χ0v) is 21.5. The predicted octanol–water partition coefficient (Wildman–Crippen LogP) is 7.60. The van der Waals surface area contributed by atoms with Crippen LogP contribution in [0, 0.1) is 0 Å². The molecule has 0 atom stereocenters. The van der Waals surface area contributed by atoms with E-state index < -0.39 is 0 Å². The van der Waals surface area contributed by atoms with Crippen LogP contribution in [0.3, 0.4) is 0 Å². The molecule has 36 heavy (non-hydrogen) atoms. The van der Waals surface area contributed by atoms with Gasteiger partial charge >= 0.3 is 0 Å². The molecule has 0 aromatic heterocycles. The van der Waals surface area contributed by atoms with Crippen molar-refractivity contribution in [3.63, 3.8) is 0 Å². The van der Waals surface area contributed by atoms with Gasteiger partial charge in [0.25, 0.3) is 0 Å². The zero-order valence-electron chi connectivity index (χ0n) is 21.5. The van der Waals surface area contributed by atoms with E-state index >= 15 is 0 Å². The lowest BCUT2D eigenvalue weighted by atomic mass is 9.80. The summed E-state index contributed by atoms with van der Waals surface area (Å²) in [6, 6.07) is 18.7. The molecule has 0 spiro atoms. The van der Waals surface area contributed by atoms with Crippen LogP contribution in [-0.4, -0.2) is 22.9 Å². The molecule has 0 unspecified atom stereocenters. The molecule has 0 saturated carbocycles. The maximum atomic E-state index is 11.3. The molecule has 184 valence electrons. The number of hydrogen-bond acceptors (Lipinski definition) is 5. The summed E-state index contributed by atoms with van der Waals surface area (Å²) in [5, 5.41) is 32.2. The van der Waals surface area contributed by atoms with Crippen molar-refractivity contribution in [3.05, 3.63) is 94.6 Å². The Kier molecular flexibility index (Phi) is 4.75. The lowest BCUT2D eigenvalue weighted by Crippen LogP contribution is -2.47. The fourth-order valence-corrected chi connectivity index (χ4v) is 6.17. The number of para-hydroxylation sites is 1. The van der Waals surface area contributed by atoms with E-state index in [1.54, 1.807) is 0 Å². The number of aliphatic hydroxyl groups is 2. The highest BCUT2D eigenvalue weighted by molar-refractivity contribution is 6.11. The van der Waals surface area contributed by atoms with E-state index in [1.807, 2.05) is 25.3 Å². The van der Waals surface area contributed by atoms with Crippen LogP contribution in [0.1, 0.15) is 51.7 Å². The van der Waals surface area contributed by atoms with Gasteiger partial charge in [0, 0.05) is 40.5 Å². The quantitative estimate of drug-likeness (QED) is 0.310. The van der Waals surface area contributed by atoms with Crippen molar-refractivity contribution in [2.75, 3.05) is 22.6 Å². The van der Waals surface area contributed by atoms with Crippen LogP contribution < -0.4 is 15.5 Å². The molecule has 4 N–H and O–H groups in total. The van der Waals surface area contributed by atoms with Gasteiger partial charge in [0.2, 0.25) is 0 Å². The smallest absolute Gasteiger partial charge is 0.138 e. The first-order valence-electron chi connectivity index (χ1n) is 12.8. The molecule has 0 radical (unpaired) electrons. The van der Waals surface area contributed by atoms with Crippen molar-refractivity contribution in [2.24, 2.45) is 0 Å². The molecule has 0 fully saturated rings. The van der Waals surface area contributed by atoms with Gasteiger partial charge in [-0.05, 0) is 42.0 Å². The van der Waals surface area contributed by atoms with E-state index in [9.17, 15) is 10.2 Å². The highest BCUT2D eigenvalue weighted by Crippen LogP contribution is 2.51. The average Bonchev–Trinajstić information content (AvgIpc) is 3.08. The molecule has 0 bridgehead atoms. The second-order valence-corrected chi connectivity index (χ2v) is 10.6. The second-order valence-electron chi connectivity index (χ2n) is 10.6. The summed E-state index contributed by atoms with van der Waals surface area (Å²) < 4.78 is 0. The number of hydrogen-bond donors (Lipinski definition) is 4. The normalized spacial score (nSPS) is 20.4. The first-order valence-corrected chi connectivity index (χ1v) is 12.8. The van der Waals surface area contributed by atoms with Gasteiger partial charge in [-0.25, -0.2) is 0 Å². The number of rotatable bonds is 4. The van der Waals surface area contributed by atoms with Gasteiger partial charge in [-0.1, -0.05) is 70.2 Å². The lowest BCUT2D eigenvalue weighted by molar-refractivity contribution is 0.372. The summed E-state index contributed by atoms with van der Waals surface area (Å²) in [6.45, 7) is 8.69. The van der Waals surface area contributed by atoms with Gasteiger partial charge in [-0.15, -0.1) is 0 Å². The number of nitrogens with one attached hydrogen (secondary N) is 2. The molecule has 1 aliphatic carbocycles. The Morgan fingerprint density at radius 1 is 0.889 bits per heavy atom. The Hall–Kier alpha value is -3.86. The molecule has 0 saturated heterocycles. The molecular weight excluding hydrogens is 446 g/mol. The number of benzene rings is 3. The Morgan fingerprint density at radius 2 is 1.64 bits per heavy atom. The minimum atomic E-state index is -0.288. The monoisotopic (exact) mass is 479 g/mol. The fourth-order valence-electron chi connectivity index (χ4n) is 6.17. The van der Waals surface area contributed by atoms with E-state index in [4.69, 9.17) is 0 Å². The second kappa shape index (κ2) is 7.57. The van der Waals surface area contributed by atoms with Crippen molar-refractivity contribution in [1.29, 1.82) is 0 Å². The SMILES string of the molecule is CCC1(CC)Nc2cccc3ccc(C4=C(O)C(C=C5N(C)c6ccccc6C5(C)C)=C4O)c(c23)N1. The molecular formula is C31H33N3O2. The maximum absolute atomic E-state index is 11.3. The third-order valence-electron chi connectivity index (χ3n) is 8.47. The number of fused-ring (bicyclic) bond motifs is 1. The van der Waals surface area contributed by atoms with Gasteiger partial charge in [-0.3, -0.25) is 0 Å². The van der Waals surface area contributed by atoms with E-state index in [2.05, 4.69) is 85.7 Å². The summed E-state index contributed by atoms with van der Waals surface area (Å²) in [4.78, 5) is 2.15. The van der Waals surface area contributed by atoms with Crippen LogP contribution >= 0.6 is 0 Å². The molecule has 3 aromatic rings. The zero-order chi connectivity index (χ0) is 25.4. The Morgan fingerprint density at radius 3 is 2.33 bits per heavy atom. The van der Waals surface area contributed by atoms with Crippen molar-refractivity contribution >= 4 is 33.4 Å². The molecule has 0 amide bonds. The first-order chi connectivity index (χ1) is 17.2.